The molecule has 0 amide bonds. The van der Waals surface area contributed by atoms with Gasteiger partial charge in [-0.25, -0.2) is 4.98 Å². The van der Waals surface area contributed by atoms with Gasteiger partial charge in [0.25, 0.3) is 0 Å². The summed E-state index contributed by atoms with van der Waals surface area (Å²) in [5, 5.41) is 9.80. The van der Waals surface area contributed by atoms with E-state index >= 15 is 0 Å². The first-order chi connectivity index (χ1) is 9.67. The number of benzene rings is 1. The van der Waals surface area contributed by atoms with Crippen molar-refractivity contribution >= 4 is 22.3 Å². The fraction of sp³-hybridized carbons (Fsp3) is 0.200. The van der Waals surface area contributed by atoms with Gasteiger partial charge in [-0.2, -0.15) is 5.10 Å². The molecule has 0 aliphatic rings. The van der Waals surface area contributed by atoms with Crippen LogP contribution in [0.25, 0.3) is 10.8 Å². The highest BCUT2D eigenvalue weighted by Gasteiger charge is 2.07. The first kappa shape index (κ1) is 12.5. The molecule has 0 spiro atoms. The van der Waals surface area contributed by atoms with Gasteiger partial charge in [0.15, 0.2) is 0 Å². The van der Waals surface area contributed by atoms with Gasteiger partial charge < -0.3 is 10.1 Å². The molecule has 0 unspecified atom stereocenters. The number of ether oxygens (including phenoxy) is 1. The van der Waals surface area contributed by atoms with Gasteiger partial charge in [0.2, 0.25) is 0 Å². The van der Waals surface area contributed by atoms with Gasteiger partial charge in [-0.3, -0.25) is 4.68 Å². The number of rotatable bonds is 3. The molecule has 1 aromatic carbocycles. The van der Waals surface area contributed by atoms with Crippen molar-refractivity contribution in [3.8, 4) is 5.75 Å². The fourth-order valence-corrected chi connectivity index (χ4v) is 2.23. The molecule has 0 saturated heterocycles. The van der Waals surface area contributed by atoms with E-state index in [1.807, 2.05) is 44.4 Å². The number of methoxy groups -OCH3 is 1. The molecule has 0 atom stereocenters. The molecule has 1 N–H and O–H groups in total. The Morgan fingerprint density at radius 2 is 2.10 bits per heavy atom. The Morgan fingerprint density at radius 1 is 1.25 bits per heavy atom. The number of anilines is 2. The van der Waals surface area contributed by atoms with E-state index in [0.29, 0.717) is 0 Å². The van der Waals surface area contributed by atoms with Gasteiger partial charge in [-0.05, 0) is 36.6 Å². The SMILES string of the molecule is COc1ccc2c(Nc3cn(C)nc3C)nccc2c1. The predicted octanol–water partition coefficient (Wildman–Crippen LogP) is 3.03. The van der Waals surface area contributed by atoms with Gasteiger partial charge in [0, 0.05) is 24.8 Å². The molecule has 5 heteroatoms. The third-order valence-corrected chi connectivity index (χ3v) is 3.24. The first-order valence-corrected chi connectivity index (χ1v) is 6.37. The Hall–Kier alpha value is -2.56. The monoisotopic (exact) mass is 268 g/mol. The summed E-state index contributed by atoms with van der Waals surface area (Å²) in [6, 6.07) is 7.91. The van der Waals surface area contributed by atoms with Crippen LogP contribution in [0.3, 0.4) is 0 Å². The maximum atomic E-state index is 5.25. The largest absolute Gasteiger partial charge is 0.497 e. The second-order valence-corrected chi connectivity index (χ2v) is 4.67. The van der Waals surface area contributed by atoms with Crippen LogP contribution in [0.4, 0.5) is 11.5 Å². The van der Waals surface area contributed by atoms with Crippen LogP contribution >= 0.6 is 0 Å². The molecule has 2 heterocycles. The van der Waals surface area contributed by atoms with Crippen LogP contribution in [0.15, 0.2) is 36.7 Å². The molecular weight excluding hydrogens is 252 g/mol. The summed E-state index contributed by atoms with van der Waals surface area (Å²) in [5.74, 6) is 1.66. The lowest BCUT2D eigenvalue weighted by molar-refractivity contribution is 0.415. The summed E-state index contributed by atoms with van der Waals surface area (Å²) in [6.07, 6.45) is 3.73. The molecule has 2 aromatic heterocycles. The zero-order valence-electron chi connectivity index (χ0n) is 11.7. The highest BCUT2D eigenvalue weighted by atomic mass is 16.5. The molecule has 102 valence electrons. The zero-order chi connectivity index (χ0) is 14.1. The summed E-state index contributed by atoms with van der Waals surface area (Å²) in [4.78, 5) is 4.42. The van der Waals surface area contributed by atoms with Crippen LogP contribution in [-0.4, -0.2) is 21.9 Å². The number of fused-ring (bicyclic) bond motifs is 1. The molecule has 0 bridgehead atoms. The highest BCUT2D eigenvalue weighted by Crippen LogP contribution is 2.28. The van der Waals surface area contributed by atoms with Crippen molar-refractivity contribution in [3.05, 3.63) is 42.4 Å². The summed E-state index contributed by atoms with van der Waals surface area (Å²) in [5.41, 5.74) is 1.91. The lowest BCUT2D eigenvalue weighted by Crippen LogP contribution is -1.95. The zero-order valence-corrected chi connectivity index (χ0v) is 11.7. The van der Waals surface area contributed by atoms with Crippen LogP contribution in [-0.2, 0) is 7.05 Å². The summed E-state index contributed by atoms with van der Waals surface area (Å²) >= 11 is 0. The molecule has 5 nitrogen and oxygen atoms in total. The van der Waals surface area contributed by atoms with Crippen LogP contribution in [0.1, 0.15) is 5.69 Å². The minimum Gasteiger partial charge on any atom is -0.497 e. The van der Waals surface area contributed by atoms with Crippen molar-refractivity contribution in [3.63, 3.8) is 0 Å². The summed E-state index contributed by atoms with van der Waals surface area (Å²) < 4.78 is 7.03. The highest BCUT2D eigenvalue weighted by molar-refractivity contribution is 5.94. The third kappa shape index (κ3) is 2.18. The second-order valence-electron chi connectivity index (χ2n) is 4.67. The quantitative estimate of drug-likeness (QED) is 0.793. The van der Waals surface area contributed by atoms with Gasteiger partial charge in [0.1, 0.15) is 11.6 Å². The maximum absolute atomic E-state index is 5.25. The lowest BCUT2D eigenvalue weighted by atomic mass is 10.1. The normalized spacial score (nSPS) is 10.8. The van der Waals surface area contributed by atoms with E-state index in [2.05, 4.69) is 15.4 Å². The number of pyridine rings is 1. The number of nitrogens with zero attached hydrogens (tertiary/aromatic N) is 3. The third-order valence-electron chi connectivity index (χ3n) is 3.24. The van der Waals surface area contributed by atoms with Crippen molar-refractivity contribution in [2.24, 2.45) is 7.05 Å². The number of hydrogen-bond donors (Lipinski definition) is 1. The Kier molecular flexibility index (Phi) is 3.02. The van der Waals surface area contributed by atoms with E-state index < -0.39 is 0 Å². The van der Waals surface area contributed by atoms with E-state index in [1.54, 1.807) is 18.0 Å². The number of aryl methyl sites for hydroxylation is 2. The van der Waals surface area contributed by atoms with Crippen molar-refractivity contribution < 1.29 is 4.74 Å². The summed E-state index contributed by atoms with van der Waals surface area (Å²) in [7, 11) is 3.57. The van der Waals surface area contributed by atoms with E-state index in [1.165, 1.54) is 0 Å². The topological polar surface area (TPSA) is 52.0 Å². The van der Waals surface area contributed by atoms with Gasteiger partial charge >= 0.3 is 0 Å². The Morgan fingerprint density at radius 3 is 2.80 bits per heavy atom. The smallest absolute Gasteiger partial charge is 0.138 e. The molecule has 3 aromatic rings. The van der Waals surface area contributed by atoms with Crippen LogP contribution in [0.5, 0.6) is 5.75 Å². The number of aromatic nitrogens is 3. The lowest BCUT2D eigenvalue weighted by Gasteiger charge is -2.08. The Bertz CT molecular complexity index is 764. The average molecular weight is 268 g/mol. The number of nitrogens with one attached hydrogen (secondary N) is 1. The Labute approximate surface area is 117 Å². The Balaban J connectivity index is 2.05. The number of hydrogen-bond acceptors (Lipinski definition) is 4. The van der Waals surface area contributed by atoms with E-state index in [0.717, 1.165) is 33.7 Å². The standard InChI is InChI=1S/C15H16N4O/c1-10-14(9-19(2)18-10)17-15-13-5-4-12(20-3)8-11(13)6-7-16-15/h4-9H,1-3H3,(H,16,17). The van der Waals surface area contributed by atoms with Crippen LogP contribution in [0, 0.1) is 6.92 Å². The molecule has 0 fully saturated rings. The average Bonchev–Trinajstić information content (AvgIpc) is 2.76. The van der Waals surface area contributed by atoms with E-state index in [9.17, 15) is 0 Å². The van der Waals surface area contributed by atoms with Gasteiger partial charge in [-0.1, -0.05) is 0 Å². The minimum absolute atomic E-state index is 0.821. The fourth-order valence-electron chi connectivity index (χ4n) is 2.23. The predicted molar refractivity (Wildman–Crippen MR) is 79.5 cm³/mol. The van der Waals surface area contributed by atoms with Crippen molar-refractivity contribution in [1.29, 1.82) is 0 Å². The van der Waals surface area contributed by atoms with Crippen molar-refractivity contribution in [2.75, 3.05) is 12.4 Å². The molecule has 0 aliphatic carbocycles. The van der Waals surface area contributed by atoms with Crippen molar-refractivity contribution in [2.45, 2.75) is 6.92 Å². The van der Waals surface area contributed by atoms with E-state index in [-0.39, 0.29) is 0 Å². The van der Waals surface area contributed by atoms with Gasteiger partial charge in [0.05, 0.1) is 18.5 Å². The van der Waals surface area contributed by atoms with E-state index in [4.69, 9.17) is 4.74 Å². The molecule has 3 rings (SSSR count). The molecule has 0 aliphatic heterocycles. The molecule has 20 heavy (non-hydrogen) atoms. The van der Waals surface area contributed by atoms with Crippen LogP contribution < -0.4 is 10.1 Å². The molecular formula is C15H16N4O. The molecule has 0 radical (unpaired) electrons. The second kappa shape index (κ2) is 4.85. The van der Waals surface area contributed by atoms with Gasteiger partial charge in [-0.15, -0.1) is 0 Å². The van der Waals surface area contributed by atoms with Crippen LogP contribution in [0.2, 0.25) is 0 Å². The minimum atomic E-state index is 0.821. The molecule has 0 saturated carbocycles. The maximum Gasteiger partial charge on any atom is 0.138 e. The van der Waals surface area contributed by atoms with Crippen molar-refractivity contribution in [1.82, 2.24) is 14.8 Å². The first-order valence-electron chi connectivity index (χ1n) is 6.37. The summed E-state index contributed by atoms with van der Waals surface area (Å²) in [6.45, 7) is 1.97.